The summed E-state index contributed by atoms with van der Waals surface area (Å²) >= 11 is 4.81. The summed E-state index contributed by atoms with van der Waals surface area (Å²) in [5.41, 5.74) is 0.209. The number of nitrogens with one attached hydrogen (secondary N) is 1. The number of ether oxygens (including phenoxy) is 2. The molecule has 8 heteroatoms. The molecule has 19 heavy (non-hydrogen) atoms. The number of nitrogen functional groups attached to an aromatic ring is 1. The highest BCUT2D eigenvalue weighted by molar-refractivity contribution is 7.71. The molecule has 1 heterocycles. The van der Waals surface area contributed by atoms with E-state index < -0.39 is 5.56 Å². The molecule has 0 saturated heterocycles. The van der Waals surface area contributed by atoms with Gasteiger partial charge in [-0.3, -0.25) is 9.89 Å². The maximum absolute atomic E-state index is 12.0. The van der Waals surface area contributed by atoms with Crippen LogP contribution in [0.5, 0.6) is 11.5 Å². The molecule has 2 rings (SSSR count). The minimum absolute atomic E-state index is 0.0502. The Labute approximate surface area is 113 Å². The Kier molecular flexibility index (Phi) is 3.52. The molecule has 2 aromatic rings. The first-order chi connectivity index (χ1) is 9.08. The van der Waals surface area contributed by atoms with Gasteiger partial charge in [-0.1, -0.05) is 0 Å². The van der Waals surface area contributed by atoms with Crippen LogP contribution in [0.25, 0.3) is 11.3 Å². The fourth-order valence-corrected chi connectivity index (χ4v) is 1.71. The van der Waals surface area contributed by atoms with Gasteiger partial charge in [0, 0.05) is 5.56 Å². The number of nitrogens with zero attached hydrogens (tertiary/aromatic N) is 2. The van der Waals surface area contributed by atoms with E-state index in [0.717, 1.165) is 4.68 Å². The number of H-pyrrole nitrogens is 1. The topological polar surface area (TPSA) is 95.2 Å². The van der Waals surface area contributed by atoms with Crippen molar-refractivity contribution in [3.05, 3.63) is 33.3 Å². The van der Waals surface area contributed by atoms with Gasteiger partial charge in [-0.25, -0.2) is 0 Å². The lowest BCUT2D eigenvalue weighted by Crippen LogP contribution is -2.30. The number of nitrogens with two attached hydrogens (primary N) is 1. The predicted molar refractivity (Wildman–Crippen MR) is 72.4 cm³/mol. The molecule has 0 bridgehead atoms. The van der Waals surface area contributed by atoms with E-state index in [1.165, 1.54) is 14.2 Å². The third-order valence-electron chi connectivity index (χ3n) is 2.56. The summed E-state index contributed by atoms with van der Waals surface area (Å²) in [7, 11) is 3.04. The molecular formula is C11H12N4O3S. The minimum atomic E-state index is -0.490. The van der Waals surface area contributed by atoms with E-state index in [1.54, 1.807) is 18.2 Å². The zero-order valence-electron chi connectivity index (χ0n) is 10.3. The Morgan fingerprint density at radius 1 is 1.32 bits per heavy atom. The van der Waals surface area contributed by atoms with E-state index in [4.69, 9.17) is 27.5 Å². The maximum Gasteiger partial charge on any atom is 0.299 e. The number of aromatic nitrogens is 3. The molecule has 1 aromatic heterocycles. The van der Waals surface area contributed by atoms with Gasteiger partial charge in [-0.2, -0.15) is 9.77 Å². The molecule has 7 nitrogen and oxygen atoms in total. The van der Waals surface area contributed by atoms with Crippen LogP contribution >= 0.6 is 12.2 Å². The third kappa shape index (κ3) is 2.29. The first-order valence-corrected chi connectivity index (χ1v) is 5.68. The average molecular weight is 280 g/mol. The van der Waals surface area contributed by atoms with Crippen LogP contribution in [0.3, 0.4) is 0 Å². The zero-order valence-corrected chi connectivity index (χ0v) is 11.2. The molecule has 0 saturated carbocycles. The van der Waals surface area contributed by atoms with Crippen molar-refractivity contribution in [2.75, 3.05) is 20.1 Å². The number of rotatable bonds is 3. The lowest BCUT2D eigenvalue weighted by molar-refractivity contribution is 0.355. The van der Waals surface area contributed by atoms with E-state index >= 15 is 0 Å². The molecule has 0 spiro atoms. The molecule has 0 radical (unpaired) electrons. The number of aromatic amines is 1. The zero-order chi connectivity index (χ0) is 14.0. The second-order valence-electron chi connectivity index (χ2n) is 3.62. The van der Waals surface area contributed by atoms with Gasteiger partial charge in [0.05, 0.1) is 14.2 Å². The van der Waals surface area contributed by atoms with Gasteiger partial charge in [0.25, 0.3) is 5.56 Å². The molecule has 1 aromatic carbocycles. The predicted octanol–water partition coefficient (Wildman–Crippen LogP) is 0.699. The van der Waals surface area contributed by atoms with E-state index in [-0.39, 0.29) is 10.5 Å². The molecular weight excluding hydrogens is 268 g/mol. The fourth-order valence-electron chi connectivity index (χ4n) is 1.58. The first kappa shape index (κ1) is 13.1. The largest absolute Gasteiger partial charge is 0.493 e. The van der Waals surface area contributed by atoms with E-state index in [0.29, 0.717) is 17.1 Å². The average Bonchev–Trinajstić information content (AvgIpc) is 2.44. The SMILES string of the molecule is COc1ccc(-c2n[nH]c(=S)n(N)c2=O)cc1OC. The van der Waals surface area contributed by atoms with Crippen LogP contribution in [0.2, 0.25) is 0 Å². The van der Waals surface area contributed by atoms with Crippen molar-refractivity contribution < 1.29 is 9.47 Å². The van der Waals surface area contributed by atoms with Crippen LogP contribution in [0.4, 0.5) is 0 Å². The molecule has 0 atom stereocenters. The van der Waals surface area contributed by atoms with Crippen molar-refractivity contribution >= 4 is 12.2 Å². The molecule has 0 aliphatic carbocycles. The normalized spacial score (nSPS) is 10.2. The summed E-state index contributed by atoms with van der Waals surface area (Å²) in [4.78, 5) is 12.0. The quantitative estimate of drug-likeness (QED) is 0.634. The molecule has 0 fully saturated rings. The standard InChI is InChI=1S/C11H12N4O3S/c1-17-7-4-3-6(5-8(7)18-2)9-10(16)15(12)11(19)14-13-9/h3-5H,12H2,1-2H3,(H,14,19). The summed E-state index contributed by atoms with van der Waals surface area (Å²) in [6, 6.07) is 5.00. The van der Waals surface area contributed by atoms with Gasteiger partial charge in [0.2, 0.25) is 4.77 Å². The fraction of sp³-hybridized carbons (Fsp3) is 0.182. The summed E-state index contributed by atoms with van der Waals surface area (Å²) in [6.07, 6.45) is 0. The highest BCUT2D eigenvalue weighted by Crippen LogP contribution is 2.30. The maximum atomic E-state index is 12.0. The van der Waals surface area contributed by atoms with Crippen LogP contribution in [0.15, 0.2) is 23.0 Å². The van der Waals surface area contributed by atoms with Crippen LogP contribution in [0.1, 0.15) is 0 Å². The molecule has 0 unspecified atom stereocenters. The molecule has 0 amide bonds. The lowest BCUT2D eigenvalue weighted by atomic mass is 10.1. The summed E-state index contributed by atoms with van der Waals surface area (Å²) in [6.45, 7) is 0. The van der Waals surface area contributed by atoms with Crippen molar-refractivity contribution in [2.45, 2.75) is 0 Å². The summed E-state index contributed by atoms with van der Waals surface area (Å²) in [5, 5.41) is 6.41. The monoisotopic (exact) mass is 280 g/mol. The van der Waals surface area contributed by atoms with Gasteiger partial charge in [0.1, 0.15) is 0 Å². The summed E-state index contributed by atoms with van der Waals surface area (Å²) < 4.78 is 11.2. The van der Waals surface area contributed by atoms with Crippen LogP contribution in [0, 0.1) is 4.77 Å². The van der Waals surface area contributed by atoms with Gasteiger partial charge in [0.15, 0.2) is 17.2 Å². The van der Waals surface area contributed by atoms with Crippen LogP contribution in [-0.4, -0.2) is 29.1 Å². The van der Waals surface area contributed by atoms with Gasteiger partial charge >= 0.3 is 0 Å². The molecule has 0 aliphatic rings. The number of hydrogen-bond donors (Lipinski definition) is 2. The van der Waals surface area contributed by atoms with Gasteiger partial charge in [-0.05, 0) is 30.4 Å². The minimum Gasteiger partial charge on any atom is -0.493 e. The van der Waals surface area contributed by atoms with Crippen molar-refractivity contribution in [1.82, 2.24) is 14.9 Å². The Bertz CT molecular complexity index is 723. The van der Waals surface area contributed by atoms with Crippen molar-refractivity contribution in [2.24, 2.45) is 0 Å². The lowest BCUT2D eigenvalue weighted by Gasteiger charge is -2.09. The number of hydrogen-bond acceptors (Lipinski definition) is 6. The Hall–Kier alpha value is -2.35. The van der Waals surface area contributed by atoms with Crippen LogP contribution < -0.4 is 20.9 Å². The second-order valence-corrected chi connectivity index (χ2v) is 4.01. The Morgan fingerprint density at radius 2 is 2.00 bits per heavy atom. The summed E-state index contributed by atoms with van der Waals surface area (Å²) in [5.74, 6) is 6.57. The number of benzene rings is 1. The van der Waals surface area contributed by atoms with Crippen molar-refractivity contribution in [3.8, 4) is 22.8 Å². The van der Waals surface area contributed by atoms with E-state index in [1.807, 2.05) is 0 Å². The number of methoxy groups -OCH3 is 2. The molecule has 0 aliphatic heterocycles. The molecule has 3 N–H and O–H groups in total. The Balaban J connectivity index is 2.63. The highest BCUT2D eigenvalue weighted by Gasteiger charge is 2.11. The smallest absolute Gasteiger partial charge is 0.299 e. The van der Waals surface area contributed by atoms with E-state index in [2.05, 4.69) is 10.2 Å². The first-order valence-electron chi connectivity index (χ1n) is 5.27. The third-order valence-corrected chi connectivity index (χ3v) is 2.85. The molecule has 100 valence electrons. The van der Waals surface area contributed by atoms with E-state index in [9.17, 15) is 4.79 Å². The second kappa shape index (κ2) is 5.11. The van der Waals surface area contributed by atoms with Gasteiger partial charge < -0.3 is 15.3 Å². The van der Waals surface area contributed by atoms with Crippen molar-refractivity contribution in [1.29, 1.82) is 0 Å². The Morgan fingerprint density at radius 3 is 2.63 bits per heavy atom. The van der Waals surface area contributed by atoms with Gasteiger partial charge in [-0.15, -0.1) is 0 Å². The van der Waals surface area contributed by atoms with Crippen molar-refractivity contribution in [3.63, 3.8) is 0 Å². The highest BCUT2D eigenvalue weighted by atomic mass is 32.1. The van der Waals surface area contributed by atoms with Crippen LogP contribution in [-0.2, 0) is 0 Å².